The van der Waals surface area contributed by atoms with Crippen LogP contribution in [0.25, 0.3) is 0 Å². The third kappa shape index (κ3) is 3.66. The van der Waals surface area contributed by atoms with Crippen molar-refractivity contribution in [3.63, 3.8) is 0 Å². The van der Waals surface area contributed by atoms with Gasteiger partial charge in [-0.25, -0.2) is 13.2 Å². The van der Waals surface area contributed by atoms with Crippen molar-refractivity contribution in [2.24, 2.45) is 0 Å². The summed E-state index contributed by atoms with van der Waals surface area (Å²) in [4.78, 5) is 14.7. The molecule has 0 aliphatic carbocycles. The normalized spacial score (nSPS) is 11.7. The Morgan fingerprint density at radius 2 is 1.95 bits per heavy atom. The molecule has 0 saturated heterocycles. The molecule has 0 bridgehead atoms. The van der Waals surface area contributed by atoms with Crippen LogP contribution in [-0.2, 0) is 16.4 Å². The van der Waals surface area contributed by atoms with Crippen LogP contribution < -0.4 is 0 Å². The van der Waals surface area contributed by atoms with Gasteiger partial charge in [0.15, 0.2) is 0 Å². The average molecular weight is 326 g/mol. The number of sulfonamides is 1. The Morgan fingerprint density at radius 3 is 2.52 bits per heavy atom. The molecule has 2 heterocycles. The van der Waals surface area contributed by atoms with E-state index in [1.54, 1.807) is 12.4 Å². The minimum Gasteiger partial charge on any atom is -0.477 e. The van der Waals surface area contributed by atoms with Crippen LogP contribution in [0.5, 0.6) is 0 Å². The van der Waals surface area contributed by atoms with Gasteiger partial charge in [0.1, 0.15) is 9.09 Å². The van der Waals surface area contributed by atoms with E-state index < -0.39 is 16.0 Å². The summed E-state index contributed by atoms with van der Waals surface area (Å²) in [5.41, 5.74) is 0.990. The quantitative estimate of drug-likeness (QED) is 0.873. The predicted molar refractivity (Wildman–Crippen MR) is 79.0 cm³/mol. The van der Waals surface area contributed by atoms with Gasteiger partial charge in [-0.15, -0.1) is 11.3 Å². The molecule has 0 atom stereocenters. The molecule has 2 aromatic rings. The van der Waals surface area contributed by atoms with Crippen molar-refractivity contribution in [1.29, 1.82) is 0 Å². The molecule has 0 aromatic carbocycles. The molecule has 1 N–H and O–H groups in total. The number of aromatic nitrogens is 1. The van der Waals surface area contributed by atoms with E-state index in [4.69, 9.17) is 5.11 Å². The van der Waals surface area contributed by atoms with Gasteiger partial charge in [-0.2, -0.15) is 4.31 Å². The van der Waals surface area contributed by atoms with Gasteiger partial charge in [-0.3, -0.25) is 4.98 Å². The van der Waals surface area contributed by atoms with E-state index in [0.717, 1.165) is 16.9 Å². The van der Waals surface area contributed by atoms with Gasteiger partial charge in [-0.1, -0.05) is 0 Å². The van der Waals surface area contributed by atoms with Crippen molar-refractivity contribution in [3.8, 4) is 0 Å². The van der Waals surface area contributed by atoms with Crippen LogP contribution in [-0.4, -0.2) is 42.4 Å². The van der Waals surface area contributed by atoms with E-state index in [1.165, 1.54) is 23.5 Å². The molecule has 0 unspecified atom stereocenters. The number of aromatic carboxylic acids is 1. The molecule has 0 aliphatic rings. The highest BCUT2D eigenvalue weighted by Gasteiger charge is 2.23. The van der Waals surface area contributed by atoms with Gasteiger partial charge in [0.05, 0.1) is 0 Å². The molecule has 8 heteroatoms. The second-order valence-electron chi connectivity index (χ2n) is 4.36. The fourth-order valence-corrected chi connectivity index (χ4v) is 4.21. The number of rotatable bonds is 6. The molecule has 0 radical (unpaired) electrons. The number of hydrogen-bond acceptors (Lipinski definition) is 5. The molecule has 6 nitrogen and oxygen atoms in total. The van der Waals surface area contributed by atoms with Crippen molar-refractivity contribution >= 4 is 27.3 Å². The number of likely N-dealkylation sites (N-methyl/N-ethyl adjacent to an activating group) is 1. The maximum Gasteiger partial charge on any atom is 0.345 e. The summed E-state index contributed by atoms with van der Waals surface area (Å²) in [5.74, 6) is -1.12. The zero-order chi connectivity index (χ0) is 15.5. The number of thiophene rings is 1. The van der Waals surface area contributed by atoms with Gasteiger partial charge in [0.25, 0.3) is 10.0 Å². The minimum absolute atomic E-state index is 0.0103. The van der Waals surface area contributed by atoms with E-state index in [0.29, 0.717) is 13.0 Å². The molecule has 0 saturated carbocycles. The first kappa shape index (κ1) is 15.6. The van der Waals surface area contributed by atoms with Crippen LogP contribution in [0.4, 0.5) is 0 Å². The van der Waals surface area contributed by atoms with E-state index in [-0.39, 0.29) is 9.09 Å². The highest BCUT2D eigenvalue weighted by Crippen LogP contribution is 2.24. The number of pyridine rings is 1. The Balaban J connectivity index is 2.09. The van der Waals surface area contributed by atoms with Crippen LogP contribution in [0.2, 0.25) is 0 Å². The fourth-order valence-electron chi connectivity index (χ4n) is 1.68. The number of carboxylic acid groups (broad SMARTS) is 1. The molecule has 2 rings (SSSR count). The van der Waals surface area contributed by atoms with Crippen molar-refractivity contribution in [1.82, 2.24) is 9.29 Å². The Bertz CT molecular complexity index is 726. The lowest BCUT2D eigenvalue weighted by molar-refractivity contribution is 0.0702. The molecule has 0 amide bonds. The van der Waals surface area contributed by atoms with E-state index in [9.17, 15) is 13.2 Å². The zero-order valence-electron chi connectivity index (χ0n) is 11.3. The van der Waals surface area contributed by atoms with Crippen LogP contribution >= 0.6 is 11.3 Å². The van der Waals surface area contributed by atoms with Gasteiger partial charge in [0, 0.05) is 26.0 Å². The highest BCUT2D eigenvalue weighted by atomic mass is 32.2. The first-order valence-corrected chi connectivity index (χ1v) is 8.35. The topological polar surface area (TPSA) is 87.6 Å². The van der Waals surface area contributed by atoms with Gasteiger partial charge >= 0.3 is 5.97 Å². The third-order valence-corrected chi connectivity index (χ3v) is 6.32. The maximum atomic E-state index is 12.3. The standard InChI is InChI=1S/C13H14N2O4S2/c1-15(9-6-10-4-7-14-8-5-10)21(18,19)12-3-2-11(20-12)13(16)17/h2-5,7-8H,6,9H2,1H3,(H,16,17). The third-order valence-electron chi connectivity index (χ3n) is 2.92. The minimum atomic E-state index is -3.65. The molecule has 2 aromatic heterocycles. The first-order valence-electron chi connectivity index (χ1n) is 6.09. The Kier molecular flexibility index (Phi) is 4.71. The van der Waals surface area contributed by atoms with Gasteiger partial charge < -0.3 is 5.11 Å². The molecule has 0 fully saturated rings. The van der Waals surface area contributed by atoms with E-state index in [1.807, 2.05) is 12.1 Å². The van der Waals surface area contributed by atoms with Crippen molar-refractivity contribution in [3.05, 3.63) is 47.1 Å². The van der Waals surface area contributed by atoms with Gasteiger partial charge in [0.2, 0.25) is 0 Å². The number of carbonyl (C=O) groups is 1. The molecule has 0 spiro atoms. The largest absolute Gasteiger partial charge is 0.477 e. The summed E-state index contributed by atoms with van der Waals surface area (Å²) in [5, 5.41) is 8.85. The monoisotopic (exact) mass is 326 g/mol. The second-order valence-corrected chi connectivity index (χ2v) is 7.71. The molecule has 0 aliphatic heterocycles. The summed E-state index contributed by atoms with van der Waals surface area (Å²) in [6, 6.07) is 6.28. The second kappa shape index (κ2) is 6.33. The first-order chi connectivity index (χ1) is 9.91. The lowest BCUT2D eigenvalue weighted by Gasteiger charge is -2.15. The summed E-state index contributed by atoms with van der Waals surface area (Å²) < 4.78 is 25.9. The van der Waals surface area contributed by atoms with Crippen LogP contribution in [0.15, 0.2) is 40.9 Å². The average Bonchev–Trinajstić information content (AvgIpc) is 2.96. The number of hydrogen-bond donors (Lipinski definition) is 1. The summed E-state index contributed by atoms with van der Waals surface area (Å²) in [6.07, 6.45) is 3.87. The fraction of sp³-hybridized carbons (Fsp3) is 0.231. The van der Waals surface area contributed by atoms with Crippen LogP contribution in [0.3, 0.4) is 0 Å². The summed E-state index contributed by atoms with van der Waals surface area (Å²) >= 11 is 0.759. The van der Waals surface area contributed by atoms with Crippen LogP contribution in [0.1, 0.15) is 15.2 Å². The summed E-state index contributed by atoms with van der Waals surface area (Å²) in [6.45, 7) is 0.312. The van der Waals surface area contributed by atoms with E-state index in [2.05, 4.69) is 4.98 Å². The highest BCUT2D eigenvalue weighted by molar-refractivity contribution is 7.91. The van der Waals surface area contributed by atoms with E-state index >= 15 is 0 Å². The maximum absolute atomic E-state index is 12.3. The van der Waals surface area contributed by atoms with Crippen molar-refractivity contribution in [2.75, 3.05) is 13.6 Å². The number of nitrogens with zero attached hydrogens (tertiary/aromatic N) is 2. The lowest BCUT2D eigenvalue weighted by Crippen LogP contribution is -2.28. The molecular formula is C13H14N2O4S2. The molecule has 112 valence electrons. The van der Waals surface area contributed by atoms with Crippen molar-refractivity contribution in [2.45, 2.75) is 10.6 Å². The molecule has 21 heavy (non-hydrogen) atoms. The SMILES string of the molecule is CN(CCc1ccncc1)S(=O)(=O)c1ccc(C(=O)O)s1. The summed E-state index contributed by atoms with van der Waals surface area (Å²) in [7, 11) is -2.17. The Morgan fingerprint density at radius 1 is 1.29 bits per heavy atom. The smallest absolute Gasteiger partial charge is 0.345 e. The zero-order valence-corrected chi connectivity index (χ0v) is 12.9. The van der Waals surface area contributed by atoms with Gasteiger partial charge in [-0.05, 0) is 36.2 Å². The van der Waals surface area contributed by atoms with Crippen molar-refractivity contribution < 1.29 is 18.3 Å². The molecular weight excluding hydrogens is 312 g/mol. The predicted octanol–water partition coefficient (Wildman–Crippen LogP) is 1.70. The van der Waals surface area contributed by atoms with Crippen LogP contribution in [0, 0.1) is 0 Å². The lowest BCUT2D eigenvalue weighted by atomic mass is 10.2. The number of carboxylic acids is 1. The Labute approximate surface area is 126 Å². The Hall–Kier alpha value is -1.77.